The second kappa shape index (κ2) is 5.78. The number of hydrogen-bond donors (Lipinski definition) is 0. The van der Waals surface area contributed by atoms with Crippen molar-refractivity contribution in [1.29, 1.82) is 0 Å². The van der Waals surface area contributed by atoms with Gasteiger partial charge in [-0.3, -0.25) is 0 Å². The predicted octanol–water partition coefficient (Wildman–Crippen LogP) is 6.29. The van der Waals surface area contributed by atoms with E-state index in [0.717, 1.165) is 0 Å². The molecule has 0 N–H and O–H groups in total. The number of hydrogen-bond acceptors (Lipinski definition) is 2. The van der Waals surface area contributed by atoms with Crippen molar-refractivity contribution in [3.8, 4) is 21.0 Å². The van der Waals surface area contributed by atoms with Gasteiger partial charge in [0.25, 0.3) is 5.65 Å². The number of benzene rings is 1. The maximum absolute atomic E-state index is 2.39. The van der Waals surface area contributed by atoms with Crippen LogP contribution < -0.4 is 4.40 Å². The first kappa shape index (κ1) is 15.1. The first-order chi connectivity index (χ1) is 13.4. The Morgan fingerprint density at radius 2 is 1.48 bits per heavy atom. The summed E-state index contributed by atoms with van der Waals surface area (Å²) in [6.07, 6.45) is 2.18. The van der Waals surface area contributed by atoms with Crippen molar-refractivity contribution in [2.45, 2.75) is 0 Å². The monoisotopic (exact) mass is 383 g/mol. The molecule has 0 bridgehead atoms. The summed E-state index contributed by atoms with van der Waals surface area (Å²) in [5, 5.41) is 5.58. The number of nitrogens with zero attached hydrogens (tertiary/aromatic N) is 2. The van der Waals surface area contributed by atoms with Crippen LogP contribution >= 0.6 is 22.7 Å². The lowest BCUT2D eigenvalue weighted by molar-refractivity contribution is -0.501. The van der Waals surface area contributed by atoms with E-state index in [1.54, 1.807) is 22.7 Å². The van der Waals surface area contributed by atoms with E-state index in [4.69, 9.17) is 0 Å². The van der Waals surface area contributed by atoms with Gasteiger partial charge in [-0.25, -0.2) is 0 Å². The van der Waals surface area contributed by atoms with Crippen LogP contribution in [-0.4, -0.2) is 4.40 Å². The molecule has 0 spiro atoms. The van der Waals surface area contributed by atoms with Gasteiger partial charge < -0.3 is 0 Å². The minimum absolute atomic E-state index is 1.18. The molecule has 0 unspecified atom stereocenters. The summed E-state index contributed by atoms with van der Waals surface area (Å²) < 4.78 is 4.72. The highest BCUT2D eigenvalue weighted by Crippen LogP contribution is 2.40. The smallest absolute Gasteiger partial charge is 0.197 e. The summed E-state index contributed by atoms with van der Waals surface area (Å²) in [5.74, 6) is 0. The average Bonchev–Trinajstić information content (AvgIpc) is 3.47. The van der Waals surface area contributed by atoms with Gasteiger partial charge >= 0.3 is 0 Å². The molecular weight excluding hydrogens is 368 g/mol. The Balaban J connectivity index is 1.95. The first-order valence-electron chi connectivity index (χ1n) is 8.86. The Hall–Kier alpha value is -2.95. The topological polar surface area (TPSA) is 8.51 Å². The van der Waals surface area contributed by atoms with Crippen molar-refractivity contribution in [2.75, 3.05) is 0 Å². The quantitative estimate of drug-likeness (QED) is 0.311. The largest absolute Gasteiger partial charge is 0.292 e. The Morgan fingerprint density at radius 1 is 0.704 bits per heavy atom. The van der Waals surface area contributed by atoms with E-state index in [2.05, 4.69) is 98.6 Å². The van der Waals surface area contributed by atoms with Crippen molar-refractivity contribution >= 4 is 44.7 Å². The Bertz CT molecular complexity index is 1410. The van der Waals surface area contributed by atoms with Gasteiger partial charge in [0.1, 0.15) is 11.0 Å². The summed E-state index contributed by atoms with van der Waals surface area (Å²) >= 11 is 3.59. The number of fused-ring (bicyclic) bond motifs is 5. The molecule has 0 aliphatic heterocycles. The van der Waals surface area contributed by atoms with Crippen molar-refractivity contribution in [1.82, 2.24) is 4.40 Å². The second-order valence-corrected chi connectivity index (χ2v) is 8.43. The highest BCUT2D eigenvalue weighted by molar-refractivity contribution is 7.14. The van der Waals surface area contributed by atoms with Crippen LogP contribution in [-0.2, 0) is 0 Å². The van der Waals surface area contributed by atoms with Gasteiger partial charge in [0, 0.05) is 16.3 Å². The molecule has 0 saturated carbocycles. The Morgan fingerprint density at radius 3 is 2.30 bits per heavy atom. The highest BCUT2D eigenvalue weighted by atomic mass is 32.1. The SMILES string of the molecule is c1csc(-c2c(-c3cccs3)[n+]3ccccc3n3c2cc2ccccc23)c1. The van der Waals surface area contributed by atoms with E-state index in [1.807, 2.05) is 0 Å². The van der Waals surface area contributed by atoms with Crippen LogP contribution in [0.4, 0.5) is 0 Å². The molecule has 27 heavy (non-hydrogen) atoms. The lowest BCUT2D eigenvalue weighted by Crippen LogP contribution is -2.27. The van der Waals surface area contributed by atoms with Crippen LogP contribution in [0.25, 0.3) is 43.1 Å². The Kier molecular flexibility index (Phi) is 3.24. The maximum atomic E-state index is 2.39. The molecule has 6 aromatic rings. The molecule has 0 amide bonds. The zero-order valence-corrected chi connectivity index (χ0v) is 16.0. The minimum Gasteiger partial charge on any atom is -0.197 e. The van der Waals surface area contributed by atoms with Crippen molar-refractivity contribution < 1.29 is 4.40 Å². The molecule has 4 heteroatoms. The fourth-order valence-corrected chi connectivity index (χ4v) is 5.50. The van der Waals surface area contributed by atoms with Crippen molar-refractivity contribution in [3.63, 3.8) is 0 Å². The van der Waals surface area contributed by atoms with Gasteiger partial charge in [-0.1, -0.05) is 36.4 Å². The number of pyridine rings is 1. The van der Waals surface area contributed by atoms with Gasteiger partial charge in [0.2, 0.25) is 0 Å². The summed E-state index contributed by atoms with van der Waals surface area (Å²) in [6.45, 7) is 0. The molecule has 1 aromatic carbocycles. The molecule has 5 heterocycles. The summed E-state index contributed by atoms with van der Waals surface area (Å²) in [4.78, 5) is 2.58. The van der Waals surface area contributed by atoms with E-state index < -0.39 is 0 Å². The molecule has 0 atom stereocenters. The third-order valence-electron chi connectivity index (χ3n) is 5.03. The third-order valence-corrected chi connectivity index (χ3v) is 6.80. The minimum atomic E-state index is 1.18. The summed E-state index contributed by atoms with van der Waals surface area (Å²) in [6, 6.07) is 26.1. The lowest BCUT2D eigenvalue weighted by atomic mass is 10.1. The average molecular weight is 384 g/mol. The maximum Gasteiger partial charge on any atom is 0.292 e. The van der Waals surface area contributed by atoms with E-state index in [-0.39, 0.29) is 0 Å². The molecule has 0 aliphatic carbocycles. The fraction of sp³-hybridized carbons (Fsp3) is 0. The molecule has 5 aromatic heterocycles. The van der Waals surface area contributed by atoms with Gasteiger partial charge in [0.05, 0.1) is 16.6 Å². The first-order valence-corrected chi connectivity index (χ1v) is 10.6. The molecular formula is C23H15N2S2+. The van der Waals surface area contributed by atoms with E-state index >= 15 is 0 Å². The molecule has 0 aliphatic rings. The molecule has 128 valence electrons. The number of thiophene rings is 2. The van der Waals surface area contributed by atoms with Crippen LogP contribution in [0.2, 0.25) is 0 Å². The van der Waals surface area contributed by atoms with E-state index in [9.17, 15) is 0 Å². The van der Waals surface area contributed by atoms with Gasteiger partial charge in [-0.2, -0.15) is 8.80 Å². The fourth-order valence-electron chi connectivity index (χ4n) is 3.95. The molecule has 0 fully saturated rings. The van der Waals surface area contributed by atoms with Crippen LogP contribution in [0.3, 0.4) is 0 Å². The summed E-state index contributed by atoms with van der Waals surface area (Å²) in [7, 11) is 0. The van der Waals surface area contributed by atoms with Gasteiger partial charge in [-0.05, 0) is 41.1 Å². The van der Waals surface area contributed by atoms with Crippen LogP contribution in [0.1, 0.15) is 0 Å². The van der Waals surface area contributed by atoms with Crippen molar-refractivity contribution in [2.24, 2.45) is 0 Å². The van der Waals surface area contributed by atoms with Crippen LogP contribution in [0, 0.1) is 0 Å². The predicted molar refractivity (Wildman–Crippen MR) is 115 cm³/mol. The number of rotatable bonds is 2. The standard InChI is InChI=1S/C23H15N2S2/c1-2-8-17-16(7-1)15-18-22(19-9-5-13-26-19)23(20-10-6-14-27-20)24-12-4-3-11-21(24)25(17)18/h1-15H/q+1. The van der Waals surface area contributed by atoms with E-state index in [0.29, 0.717) is 0 Å². The third kappa shape index (κ3) is 2.14. The van der Waals surface area contributed by atoms with Crippen LogP contribution in [0.5, 0.6) is 0 Å². The van der Waals surface area contributed by atoms with E-state index in [1.165, 1.54) is 43.1 Å². The summed E-state index contributed by atoms with van der Waals surface area (Å²) in [5.41, 5.74) is 6.24. The zero-order chi connectivity index (χ0) is 17.8. The molecule has 0 saturated heterocycles. The van der Waals surface area contributed by atoms with Crippen molar-refractivity contribution in [3.05, 3.63) is 89.8 Å². The highest BCUT2D eigenvalue weighted by Gasteiger charge is 2.26. The number of aromatic nitrogens is 2. The number of para-hydroxylation sites is 1. The molecule has 0 radical (unpaired) electrons. The van der Waals surface area contributed by atoms with Gasteiger partial charge in [-0.15, -0.1) is 22.7 Å². The zero-order valence-electron chi connectivity index (χ0n) is 14.4. The normalized spacial score (nSPS) is 11.7. The lowest BCUT2D eigenvalue weighted by Gasteiger charge is -2.09. The van der Waals surface area contributed by atoms with Gasteiger partial charge in [0.15, 0.2) is 5.69 Å². The molecule has 6 rings (SSSR count). The molecule has 2 nitrogen and oxygen atoms in total. The Labute approximate surface area is 164 Å². The van der Waals surface area contributed by atoms with Crippen LogP contribution in [0.15, 0.2) is 89.8 Å². The second-order valence-electron chi connectivity index (χ2n) is 6.53.